The first-order chi connectivity index (χ1) is 10.8. The summed E-state index contributed by atoms with van der Waals surface area (Å²) in [5.41, 5.74) is 1.98. The van der Waals surface area contributed by atoms with Gasteiger partial charge in [-0.05, 0) is 62.2 Å². The Morgan fingerprint density at radius 2 is 2.00 bits per heavy atom. The van der Waals surface area contributed by atoms with Gasteiger partial charge in [0.1, 0.15) is 5.82 Å². The van der Waals surface area contributed by atoms with E-state index >= 15 is 0 Å². The van der Waals surface area contributed by atoms with E-state index in [2.05, 4.69) is 28.2 Å². The molecule has 2 heterocycles. The fourth-order valence-corrected chi connectivity index (χ4v) is 3.09. The number of hydrogen-bond donors (Lipinski definition) is 2. The van der Waals surface area contributed by atoms with Crippen molar-refractivity contribution in [3.05, 3.63) is 53.7 Å². The van der Waals surface area contributed by atoms with Gasteiger partial charge in [-0.1, -0.05) is 25.1 Å². The summed E-state index contributed by atoms with van der Waals surface area (Å²) in [4.78, 5) is 17.8. The molecule has 0 saturated carbocycles. The number of H-pyrrole nitrogens is 1. The van der Waals surface area contributed by atoms with Crippen LogP contribution in [0.5, 0.6) is 0 Å². The van der Waals surface area contributed by atoms with Crippen molar-refractivity contribution < 1.29 is 4.79 Å². The summed E-state index contributed by atoms with van der Waals surface area (Å²) >= 11 is 0. The van der Waals surface area contributed by atoms with Crippen LogP contribution >= 0.6 is 0 Å². The molecule has 0 bridgehead atoms. The monoisotopic (exact) mass is 297 g/mol. The van der Waals surface area contributed by atoms with Gasteiger partial charge in [-0.15, -0.1) is 0 Å². The van der Waals surface area contributed by atoms with Gasteiger partial charge in [-0.3, -0.25) is 4.79 Å². The van der Waals surface area contributed by atoms with Crippen LogP contribution < -0.4 is 5.32 Å². The number of nitrogens with zero attached hydrogens (tertiary/aromatic N) is 1. The molecule has 22 heavy (non-hydrogen) atoms. The highest BCUT2D eigenvalue weighted by Gasteiger charge is 2.20. The van der Waals surface area contributed by atoms with Crippen LogP contribution in [0.2, 0.25) is 0 Å². The minimum Gasteiger partial charge on any atom is -0.348 e. The van der Waals surface area contributed by atoms with Crippen LogP contribution in [-0.2, 0) is 0 Å². The Morgan fingerprint density at radius 3 is 2.68 bits per heavy atom. The van der Waals surface area contributed by atoms with Gasteiger partial charge >= 0.3 is 0 Å². The van der Waals surface area contributed by atoms with Crippen LogP contribution in [0.15, 0.2) is 42.6 Å². The first kappa shape index (κ1) is 14.9. The molecule has 3 rings (SSSR count). The number of carbonyl (C=O) groups excluding carboxylic acids is 1. The molecule has 1 aromatic carbocycles. The Balaban J connectivity index is 1.61. The molecule has 1 aliphatic heterocycles. The number of likely N-dealkylation sites (tertiary alicyclic amines) is 1. The summed E-state index contributed by atoms with van der Waals surface area (Å²) in [6.07, 6.45) is 4.42. The highest BCUT2D eigenvalue weighted by molar-refractivity contribution is 6.03. The second-order valence-corrected chi connectivity index (χ2v) is 5.88. The average molecular weight is 297 g/mol. The quantitative estimate of drug-likeness (QED) is 0.908. The van der Waals surface area contributed by atoms with E-state index in [9.17, 15) is 4.79 Å². The van der Waals surface area contributed by atoms with Crippen LogP contribution in [0.4, 0.5) is 5.82 Å². The Kier molecular flexibility index (Phi) is 4.59. The van der Waals surface area contributed by atoms with Crippen LogP contribution in [0, 0.1) is 0 Å². The number of carbonyl (C=O) groups is 1. The summed E-state index contributed by atoms with van der Waals surface area (Å²) in [5.74, 6) is 1.30. The van der Waals surface area contributed by atoms with Crippen molar-refractivity contribution >= 4 is 11.7 Å². The van der Waals surface area contributed by atoms with E-state index in [1.54, 1.807) is 0 Å². The molecule has 0 aliphatic carbocycles. The van der Waals surface area contributed by atoms with Gasteiger partial charge in [-0.25, -0.2) is 0 Å². The first-order valence-corrected chi connectivity index (χ1v) is 8.03. The molecule has 0 spiro atoms. The number of rotatable bonds is 4. The normalized spacial score (nSPS) is 16.6. The summed E-state index contributed by atoms with van der Waals surface area (Å²) < 4.78 is 0. The molecular weight excluding hydrogens is 274 g/mol. The molecule has 1 fully saturated rings. The third kappa shape index (κ3) is 3.39. The maximum Gasteiger partial charge on any atom is 0.256 e. The third-order valence-corrected chi connectivity index (χ3v) is 4.50. The van der Waals surface area contributed by atoms with Crippen molar-refractivity contribution in [3.63, 3.8) is 0 Å². The smallest absolute Gasteiger partial charge is 0.256 e. The van der Waals surface area contributed by atoms with Crippen molar-refractivity contribution in [2.75, 3.05) is 25.0 Å². The molecule has 4 nitrogen and oxygen atoms in total. The van der Waals surface area contributed by atoms with Crippen LogP contribution in [0.25, 0.3) is 0 Å². The van der Waals surface area contributed by atoms with E-state index in [0.29, 0.717) is 11.5 Å². The molecule has 4 heteroatoms. The Labute approximate surface area is 131 Å². The third-order valence-electron chi connectivity index (χ3n) is 4.50. The van der Waals surface area contributed by atoms with Gasteiger partial charge in [0.25, 0.3) is 5.91 Å². The van der Waals surface area contributed by atoms with Crippen molar-refractivity contribution in [3.8, 4) is 0 Å². The summed E-state index contributed by atoms with van der Waals surface area (Å²) in [6.45, 7) is 5.68. The number of benzene rings is 1. The molecule has 116 valence electrons. The van der Waals surface area contributed by atoms with Crippen molar-refractivity contribution in [1.82, 2.24) is 9.88 Å². The van der Waals surface area contributed by atoms with Gasteiger partial charge in [0.15, 0.2) is 0 Å². The lowest BCUT2D eigenvalue weighted by molar-refractivity contribution is 0.102. The lowest BCUT2D eigenvalue weighted by Gasteiger charge is -2.30. The second kappa shape index (κ2) is 6.79. The maximum atomic E-state index is 12.1. The predicted octanol–water partition coefficient (Wildman–Crippen LogP) is 3.47. The molecule has 0 radical (unpaired) electrons. The topological polar surface area (TPSA) is 48.1 Å². The number of piperidine rings is 1. The molecule has 1 aliphatic rings. The summed E-state index contributed by atoms with van der Waals surface area (Å²) in [5, 5.41) is 2.93. The van der Waals surface area contributed by atoms with Gasteiger partial charge in [0.05, 0.1) is 0 Å². The van der Waals surface area contributed by atoms with Crippen molar-refractivity contribution in [2.24, 2.45) is 0 Å². The molecule has 1 amide bonds. The van der Waals surface area contributed by atoms with E-state index in [0.717, 1.165) is 25.5 Å². The van der Waals surface area contributed by atoms with E-state index in [4.69, 9.17) is 0 Å². The minimum atomic E-state index is -0.0743. The van der Waals surface area contributed by atoms with Crippen LogP contribution in [0.1, 0.15) is 41.6 Å². The molecule has 2 aromatic rings. The lowest BCUT2D eigenvalue weighted by Crippen LogP contribution is -2.32. The van der Waals surface area contributed by atoms with E-state index in [1.165, 1.54) is 18.4 Å². The molecule has 1 aromatic heterocycles. The number of nitrogens with one attached hydrogen (secondary N) is 2. The molecule has 1 saturated heterocycles. The number of anilines is 1. The molecular formula is C18H23N3O. The van der Waals surface area contributed by atoms with Crippen molar-refractivity contribution in [1.29, 1.82) is 0 Å². The second-order valence-electron chi connectivity index (χ2n) is 5.88. The van der Waals surface area contributed by atoms with Crippen LogP contribution in [0.3, 0.4) is 0 Å². The van der Waals surface area contributed by atoms with Gasteiger partial charge in [-0.2, -0.15) is 0 Å². The highest BCUT2D eigenvalue weighted by atomic mass is 16.1. The zero-order valence-electron chi connectivity index (χ0n) is 13.0. The zero-order valence-corrected chi connectivity index (χ0v) is 13.0. The number of hydrogen-bond acceptors (Lipinski definition) is 2. The fourth-order valence-electron chi connectivity index (χ4n) is 3.09. The van der Waals surface area contributed by atoms with Crippen molar-refractivity contribution in [2.45, 2.75) is 25.7 Å². The number of aromatic amines is 1. The predicted molar refractivity (Wildman–Crippen MR) is 89.3 cm³/mol. The Hall–Kier alpha value is -2.07. The largest absolute Gasteiger partial charge is 0.348 e. The highest BCUT2D eigenvalue weighted by Crippen LogP contribution is 2.29. The number of amides is 1. The van der Waals surface area contributed by atoms with E-state index < -0.39 is 0 Å². The maximum absolute atomic E-state index is 12.1. The Bertz CT molecular complexity index is 612. The summed E-state index contributed by atoms with van der Waals surface area (Å²) in [7, 11) is 0. The fraction of sp³-hybridized carbons (Fsp3) is 0.389. The molecule has 0 atom stereocenters. The van der Waals surface area contributed by atoms with E-state index in [1.807, 2.05) is 36.5 Å². The number of aromatic nitrogens is 1. The van der Waals surface area contributed by atoms with E-state index in [-0.39, 0.29) is 5.91 Å². The SMILES string of the molecule is CCN1CCC(c2c[nH]c(NC(=O)c3ccccc3)c2)CC1. The van der Waals surface area contributed by atoms with Crippen LogP contribution in [-0.4, -0.2) is 35.4 Å². The zero-order chi connectivity index (χ0) is 15.4. The summed E-state index contributed by atoms with van der Waals surface area (Å²) in [6, 6.07) is 11.4. The van der Waals surface area contributed by atoms with Gasteiger partial charge in [0, 0.05) is 11.8 Å². The van der Waals surface area contributed by atoms with Gasteiger partial charge < -0.3 is 15.2 Å². The van der Waals surface area contributed by atoms with Gasteiger partial charge in [0.2, 0.25) is 0 Å². The molecule has 0 unspecified atom stereocenters. The minimum absolute atomic E-state index is 0.0743. The molecule has 2 N–H and O–H groups in total. The first-order valence-electron chi connectivity index (χ1n) is 8.03. The Morgan fingerprint density at radius 1 is 1.27 bits per heavy atom. The average Bonchev–Trinajstić information content (AvgIpc) is 3.04. The lowest BCUT2D eigenvalue weighted by atomic mass is 9.91. The standard InChI is InChI=1S/C18H23N3O/c1-2-21-10-8-14(9-11-21)16-12-17(19-13-16)20-18(22)15-6-4-3-5-7-15/h3-7,12-14,19H,2,8-11H2,1H3,(H,20,22).